The Morgan fingerprint density at radius 2 is 2.07 bits per heavy atom. The minimum Gasteiger partial charge on any atom is -0.329 e. The molecule has 90 valence electrons. The summed E-state index contributed by atoms with van der Waals surface area (Å²) in [6.07, 6.45) is 6.82. The Bertz CT molecular complexity index is 166. The van der Waals surface area contributed by atoms with Crippen LogP contribution in [0.1, 0.15) is 52.9 Å². The van der Waals surface area contributed by atoms with Gasteiger partial charge in [-0.25, -0.2) is 0 Å². The van der Waals surface area contributed by atoms with E-state index < -0.39 is 0 Å². The third kappa shape index (κ3) is 3.46. The number of likely N-dealkylation sites (tertiary alicyclic amines) is 1. The van der Waals surface area contributed by atoms with Crippen LogP contribution in [0.2, 0.25) is 0 Å². The molecule has 0 spiro atoms. The smallest absolute Gasteiger partial charge is 0.0244 e. The molecule has 0 saturated carbocycles. The maximum atomic E-state index is 5.92. The van der Waals surface area contributed by atoms with Crippen molar-refractivity contribution in [2.24, 2.45) is 11.7 Å². The number of hydrogen-bond acceptors (Lipinski definition) is 2. The summed E-state index contributed by atoms with van der Waals surface area (Å²) in [6.45, 7) is 8.98. The molecule has 1 saturated heterocycles. The summed E-state index contributed by atoms with van der Waals surface area (Å²) in [5.41, 5.74) is 5.92. The highest BCUT2D eigenvalue weighted by Gasteiger charge is 2.28. The zero-order valence-corrected chi connectivity index (χ0v) is 10.7. The Morgan fingerprint density at radius 1 is 1.33 bits per heavy atom. The molecule has 1 aliphatic heterocycles. The van der Waals surface area contributed by atoms with Gasteiger partial charge in [-0.2, -0.15) is 0 Å². The zero-order chi connectivity index (χ0) is 11.3. The van der Waals surface area contributed by atoms with Gasteiger partial charge in [-0.05, 0) is 31.7 Å². The standard InChI is InChI=1S/C13H28N2/c1-4-7-12-8-5-6-9-15(12)13(10-14)11(2)3/h11-13H,4-10,14H2,1-3H3. The highest BCUT2D eigenvalue weighted by atomic mass is 15.2. The summed E-state index contributed by atoms with van der Waals surface area (Å²) < 4.78 is 0. The van der Waals surface area contributed by atoms with E-state index in [1.165, 1.54) is 38.6 Å². The zero-order valence-electron chi connectivity index (χ0n) is 10.7. The van der Waals surface area contributed by atoms with Gasteiger partial charge in [0.15, 0.2) is 0 Å². The highest BCUT2D eigenvalue weighted by molar-refractivity contribution is 4.84. The first-order chi connectivity index (χ1) is 7.20. The van der Waals surface area contributed by atoms with Gasteiger partial charge >= 0.3 is 0 Å². The van der Waals surface area contributed by atoms with Crippen molar-refractivity contribution in [3.63, 3.8) is 0 Å². The minimum atomic E-state index is 0.599. The third-order valence-corrected chi connectivity index (χ3v) is 3.73. The molecule has 0 amide bonds. The summed E-state index contributed by atoms with van der Waals surface area (Å²) in [5.74, 6) is 0.687. The number of rotatable bonds is 5. The lowest BCUT2D eigenvalue weighted by atomic mass is 9.92. The molecule has 2 unspecified atom stereocenters. The van der Waals surface area contributed by atoms with E-state index in [0.29, 0.717) is 12.0 Å². The van der Waals surface area contributed by atoms with E-state index in [-0.39, 0.29) is 0 Å². The molecule has 0 radical (unpaired) electrons. The van der Waals surface area contributed by atoms with Crippen LogP contribution in [0.5, 0.6) is 0 Å². The average Bonchev–Trinajstić information content (AvgIpc) is 2.21. The van der Waals surface area contributed by atoms with Gasteiger partial charge in [-0.15, -0.1) is 0 Å². The number of piperidine rings is 1. The number of nitrogens with two attached hydrogens (primary N) is 1. The monoisotopic (exact) mass is 212 g/mol. The summed E-state index contributed by atoms with van der Waals surface area (Å²) >= 11 is 0. The molecule has 0 bridgehead atoms. The highest BCUT2D eigenvalue weighted by Crippen LogP contribution is 2.25. The van der Waals surface area contributed by atoms with Crippen LogP contribution in [0.25, 0.3) is 0 Å². The van der Waals surface area contributed by atoms with Crippen molar-refractivity contribution in [1.82, 2.24) is 4.90 Å². The molecule has 0 aromatic rings. The van der Waals surface area contributed by atoms with Crippen molar-refractivity contribution in [3.05, 3.63) is 0 Å². The van der Waals surface area contributed by atoms with Crippen LogP contribution >= 0.6 is 0 Å². The number of hydrogen-bond donors (Lipinski definition) is 1. The fourth-order valence-corrected chi connectivity index (χ4v) is 2.89. The van der Waals surface area contributed by atoms with Crippen molar-refractivity contribution in [2.45, 2.75) is 65.0 Å². The quantitative estimate of drug-likeness (QED) is 0.759. The molecule has 1 fully saturated rings. The van der Waals surface area contributed by atoms with E-state index in [1.54, 1.807) is 0 Å². The van der Waals surface area contributed by atoms with E-state index in [9.17, 15) is 0 Å². The van der Waals surface area contributed by atoms with Gasteiger partial charge in [0.1, 0.15) is 0 Å². The Morgan fingerprint density at radius 3 is 2.60 bits per heavy atom. The Balaban J connectivity index is 2.60. The maximum Gasteiger partial charge on any atom is 0.0244 e. The lowest BCUT2D eigenvalue weighted by Gasteiger charge is -2.42. The van der Waals surface area contributed by atoms with E-state index >= 15 is 0 Å². The summed E-state index contributed by atoms with van der Waals surface area (Å²) in [5, 5.41) is 0. The topological polar surface area (TPSA) is 29.3 Å². The van der Waals surface area contributed by atoms with E-state index in [1.807, 2.05) is 0 Å². The van der Waals surface area contributed by atoms with Crippen LogP contribution < -0.4 is 5.73 Å². The first kappa shape index (κ1) is 13.0. The summed E-state index contributed by atoms with van der Waals surface area (Å²) in [4.78, 5) is 2.69. The van der Waals surface area contributed by atoms with Crippen molar-refractivity contribution < 1.29 is 0 Å². The third-order valence-electron chi connectivity index (χ3n) is 3.73. The predicted octanol–water partition coefficient (Wildman–Crippen LogP) is 2.62. The lowest BCUT2D eigenvalue weighted by Crippen LogP contribution is -2.51. The molecule has 2 atom stereocenters. The second-order valence-corrected chi connectivity index (χ2v) is 5.22. The molecular weight excluding hydrogens is 184 g/mol. The van der Waals surface area contributed by atoms with Crippen molar-refractivity contribution in [2.75, 3.05) is 13.1 Å². The molecule has 1 aliphatic rings. The lowest BCUT2D eigenvalue weighted by molar-refractivity contribution is 0.0682. The molecule has 1 heterocycles. The number of nitrogens with zero attached hydrogens (tertiary/aromatic N) is 1. The fraction of sp³-hybridized carbons (Fsp3) is 1.00. The molecule has 2 N–H and O–H groups in total. The molecule has 1 rings (SSSR count). The predicted molar refractivity (Wildman–Crippen MR) is 66.9 cm³/mol. The maximum absolute atomic E-state index is 5.92. The largest absolute Gasteiger partial charge is 0.329 e. The molecule has 0 aromatic carbocycles. The molecule has 15 heavy (non-hydrogen) atoms. The SMILES string of the molecule is CCCC1CCCCN1C(CN)C(C)C. The van der Waals surface area contributed by atoms with E-state index in [0.717, 1.165) is 12.6 Å². The van der Waals surface area contributed by atoms with Crippen LogP contribution in [0.4, 0.5) is 0 Å². The van der Waals surface area contributed by atoms with Gasteiger partial charge < -0.3 is 5.73 Å². The summed E-state index contributed by atoms with van der Waals surface area (Å²) in [6, 6.07) is 1.40. The first-order valence-corrected chi connectivity index (χ1v) is 6.66. The van der Waals surface area contributed by atoms with Crippen LogP contribution in [0.3, 0.4) is 0 Å². The van der Waals surface area contributed by atoms with Gasteiger partial charge in [0.25, 0.3) is 0 Å². The average molecular weight is 212 g/mol. The van der Waals surface area contributed by atoms with Crippen molar-refractivity contribution in [3.8, 4) is 0 Å². The minimum absolute atomic E-state index is 0.599. The van der Waals surface area contributed by atoms with Crippen molar-refractivity contribution >= 4 is 0 Å². The van der Waals surface area contributed by atoms with Crippen LogP contribution in [0, 0.1) is 5.92 Å². The molecule has 0 aromatic heterocycles. The van der Waals surface area contributed by atoms with Gasteiger partial charge in [-0.1, -0.05) is 33.6 Å². The summed E-state index contributed by atoms with van der Waals surface area (Å²) in [7, 11) is 0. The van der Waals surface area contributed by atoms with E-state index in [4.69, 9.17) is 5.73 Å². The van der Waals surface area contributed by atoms with Gasteiger partial charge in [0.2, 0.25) is 0 Å². The second-order valence-electron chi connectivity index (χ2n) is 5.22. The van der Waals surface area contributed by atoms with Gasteiger partial charge in [-0.3, -0.25) is 4.90 Å². The molecular formula is C13H28N2. The molecule has 2 nitrogen and oxygen atoms in total. The fourth-order valence-electron chi connectivity index (χ4n) is 2.89. The van der Waals surface area contributed by atoms with Gasteiger partial charge in [0.05, 0.1) is 0 Å². The Labute approximate surface area is 95.2 Å². The van der Waals surface area contributed by atoms with Gasteiger partial charge in [0, 0.05) is 18.6 Å². The molecule has 0 aliphatic carbocycles. The van der Waals surface area contributed by atoms with Crippen LogP contribution in [-0.2, 0) is 0 Å². The van der Waals surface area contributed by atoms with Crippen LogP contribution in [0.15, 0.2) is 0 Å². The second kappa shape index (κ2) is 6.49. The van der Waals surface area contributed by atoms with E-state index in [2.05, 4.69) is 25.7 Å². The van der Waals surface area contributed by atoms with Crippen molar-refractivity contribution in [1.29, 1.82) is 0 Å². The Hall–Kier alpha value is -0.0800. The molecule has 2 heteroatoms. The first-order valence-electron chi connectivity index (χ1n) is 6.66. The normalized spacial score (nSPS) is 25.8. The Kier molecular flexibility index (Phi) is 5.62. The van der Waals surface area contributed by atoms with Crippen LogP contribution in [-0.4, -0.2) is 30.1 Å².